The van der Waals surface area contributed by atoms with Gasteiger partial charge in [0, 0.05) is 6.04 Å². The average Bonchev–Trinajstić information content (AvgIpc) is 2.45. The molecule has 1 aliphatic carbocycles. The topological polar surface area (TPSA) is 26.0 Å². The van der Waals surface area contributed by atoms with E-state index in [2.05, 4.69) is 0 Å². The summed E-state index contributed by atoms with van der Waals surface area (Å²) in [7, 11) is 0. The molecule has 1 nitrogen and oxygen atoms in total. The highest BCUT2D eigenvalue weighted by atomic mass is 19.4. The van der Waals surface area contributed by atoms with Gasteiger partial charge in [-0.05, 0) is 36.5 Å². The maximum atomic E-state index is 13.2. The van der Waals surface area contributed by atoms with Crippen molar-refractivity contribution in [1.82, 2.24) is 0 Å². The highest BCUT2D eigenvalue weighted by molar-refractivity contribution is 5.29. The third-order valence-corrected chi connectivity index (χ3v) is 4.33. The smallest absolute Gasteiger partial charge is 0.324 e. The zero-order chi connectivity index (χ0) is 15.5. The van der Waals surface area contributed by atoms with Gasteiger partial charge in [0.15, 0.2) is 0 Å². The summed E-state index contributed by atoms with van der Waals surface area (Å²) in [6.45, 7) is 0. The summed E-state index contributed by atoms with van der Waals surface area (Å²) < 4.78 is 51.3. The predicted molar refractivity (Wildman–Crippen MR) is 74.1 cm³/mol. The number of halogens is 4. The fourth-order valence-electron chi connectivity index (χ4n) is 3.05. The molecule has 0 aromatic heterocycles. The molecule has 1 atom stereocenters. The van der Waals surface area contributed by atoms with Crippen LogP contribution in [0.4, 0.5) is 17.6 Å². The molecule has 0 bridgehead atoms. The van der Waals surface area contributed by atoms with Gasteiger partial charge in [0.1, 0.15) is 5.82 Å². The average molecular weight is 303 g/mol. The van der Waals surface area contributed by atoms with E-state index >= 15 is 0 Å². The van der Waals surface area contributed by atoms with E-state index in [1.807, 2.05) is 0 Å². The van der Waals surface area contributed by atoms with Crippen LogP contribution in [0.15, 0.2) is 18.2 Å². The first-order valence-electron chi connectivity index (χ1n) is 7.50. The normalized spacial score (nSPS) is 18.7. The molecular formula is C16H21F4N. The zero-order valence-corrected chi connectivity index (χ0v) is 11.9. The fourth-order valence-corrected chi connectivity index (χ4v) is 3.05. The van der Waals surface area contributed by atoms with Gasteiger partial charge in [-0.15, -0.1) is 0 Å². The number of hydrogen-bond acceptors (Lipinski definition) is 1. The number of nitrogens with two attached hydrogens (primary N) is 1. The Bertz CT molecular complexity index is 464. The van der Waals surface area contributed by atoms with Gasteiger partial charge >= 0.3 is 6.18 Å². The number of alkyl halides is 3. The summed E-state index contributed by atoms with van der Waals surface area (Å²) in [5.41, 5.74) is 5.12. The summed E-state index contributed by atoms with van der Waals surface area (Å²) in [4.78, 5) is 0. The van der Waals surface area contributed by atoms with Crippen molar-refractivity contribution in [2.45, 2.75) is 57.2 Å². The molecule has 1 aliphatic rings. The van der Waals surface area contributed by atoms with Crippen LogP contribution in [0.3, 0.4) is 0 Å². The summed E-state index contributed by atoms with van der Waals surface area (Å²) in [5, 5.41) is 0. The van der Waals surface area contributed by atoms with Gasteiger partial charge in [-0.2, -0.15) is 13.2 Å². The lowest BCUT2D eigenvalue weighted by molar-refractivity contribution is -0.140. The summed E-state index contributed by atoms with van der Waals surface area (Å²) in [6.07, 6.45) is 3.00. The van der Waals surface area contributed by atoms with Crippen LogP contribution in [0.2, 0.25) is 0 Å². The Morgan fingerprint density at radius 1 is 1.14 bits per heavy atom. The third kappa shape index (κ3) is 4.43. The third-order valence-electron chi connectivity index (χ3n) is 4.33. The minimum atomic E-state index is -4.68. The van der Waals surface area contributed by atoms with Crippen molar-refractivity contribution in [3.63, 3.8) is 0 Å². The molecule has 1 aromatic rings. The molecule has 0 amide bonds. The van der Waals surface area contributed by atoms with Crippen LogP contribution in [-0.2, 0) is 6.18 Å². The van der Waals surface area contributed by atoms with Crippen molar-refractivity contribution in [2.24, 2.45) is 11.7 Å². The van der Waals surface area contributed by atoms with Crippen molar-refractivity contribution in [3.8, 4) is 0 Å². The highest BCUT2D eigenvalue weighted by Crippen LogP contribution is 2.34. The molecule has 2 rings (SSSR count). The quantitative estimate of drug-likeness (QED) is 0.760. The van der Waals surface area contributed by atoms with Crippen molar-refractivity contribution in [3.05, 3.63) is 35.1 Å². The van der Waals surface area contributed by atoms with E-state index in [0.29, 0.717) is 17.9 Å². The first-order chi connectivity index (χ1) is 9.88. The van der Waals surface area contributed by atoms with Gasteiger partial charge in [-0.3, -0.25) is 0 Å². The molecule has 0 saturated heterocycles. The monoisotopic (exact) mass is 303 g/mol. The van der Waals surface area contributed by atoms with Crippen LogP contribution in [0.5, 0.6) is 0 Å². The second-order valence-electron chi connectivity index (χ2n) is 5.92. The molecular weight excluding hydrogens is 282 g/mol. The Balaban J connectivity index is 2.00. The second kappa shape index (κ2) is 6.77. The summed E-state index contributed by atoms with van der Waals surface area (Å²) >= 11 is 0. The van der Waals surface area contributed by atoms with Crippen LogP contribution in [0.25, 0.3) is 0 Å². The van der Waals surface area contributed by atoms with E-state index in [4.69, 9.17) is 5.73 Å². The van der Waals surface area contributed by atoms with Gasteiger partial charge in [0.2, 0.25) is 0 Å². The van der Waals surface area contributed by atoms with Crippen LogP contribution in [-0.4, -0.2) is 0 Å². The first kappa shape index (κ1) is 16.3. The standard InChI is InChI=1S/C16H21F4N/c17-14-8-7-12(10-13(14)16(18,19)20)15(21)9-6-11-4-2-1-3-5-11/h7-8,10-11,15H,1-6,9,21H2. The molecule has 1 saturated carbocycles. The van der Waals surface area contributed by atoms with Crippen LogP contribution in [0.1, 0.15) is 62.1 Å². The molecule has 5 heteroatoms. The minimum Gasteiger partial charge on any atom is -0.324 e. The largest absolute Gasteiger partial charge is 0.419 e. The highest BCUT2D eigenvalue weighted by Gasteiger charge is 2.34. The Morgan fingerprint density at radius 2 is 1.81 bits per heavy atom. The molecule has 0 spiro atoms. The number of hydrogen-bond donors (Lipinski definition) is 1. The molecule has 1 unspecified atom stereocenters. The van der Waals surface area contributed by atoms with E-state index < -0.39 is 23.6 Å². The van der Waals surface area contributed by atoms with Crippen LogP contribution >= 0.6 is 0 Å². The fraction of sp³-hybridized carbons (Fsp3) is 0.625. The summed E-state index contributed by atoms with van der Waals surface area (Å²) in [5.74, 6) is -0.613. The van der Waals surface area contributed by atoms with Crippen LogP contribution in [0, 0.1) is 11.7 Å². The lowest BCUT2D eigenvalue weighted by Crippen LogP contribution is -2.16. The van der Waals surface area contributed by atoms with E-state index in [1.54, 1.807) is 0 Å². The Hall–Kier alpha value is -1.10. The number of rotatable bonds is 4. The van der Waals surface area contributed by atoms with Gasteiger partial charge in [0.25, 0.3) is 0 Å². The molecule has 0 radical (unpaired) electrons. The lowest BCUT2D eigenvalue weighted by Gasteiger charge is -2.23. The maximum absolute atomic E-state index is 13.2. The van der Waals surface area contributed by atoms with Crippen molar-refractivity contribution < 1.29 is 17.6 Å². The molecule has 2 N–H and O–H groups in total. The van der Waals surface area contributed by atoms with Crippen LogP contribution < -0.4 is 5.73 Å². The van der Waals surface area contributed by atoms with Gasteiger partial charge in [0.05, 0.1) is 5.56 Å². The summed E-state index contributed by atoms with van der Waals surface area (Å²) in [6, 6.07) is 2.60. The Labute approximate surface area is 122 Å². The van der Waals surface area contributed by atoms with E-state index in [1.165, 1.54) is 38.2 Å². The first-order valence-corrected chi connectivity index (χ1v) is 7.50. The molecule has 0 heterocycles. The molecule has 1 aromatic carbocycles. The van der Waals surface area contributed by atoms with Gasteiger partial charge < -0.3 is 5.73 Å². The van der Waals surface area contributed by atoms with Crippen molar-refractivity contribution >= 4 is 0 Å². The minimum absolute atomic E-state index is 0.361. The zero-order valence-electron chi connectivity index (χ0n) is 11.9. The molecule has 118 valence electrons. The molecule has 1 fully saturated rings. The van der Waals surface area contributed by atoms with E-state index in [0.717, 1.165) is 18.6 Å². The SMILES string of the molecule is NC(CCC1CCCCC1)c1ccc(F)c(C(F)(F)F)c1. The second-order valence-corrected chi connectivity index (χ2v) is 5.92. The molecule has 21 heavy (non-hydrogen) atoms. The van der Waals surface area contributed by atoms with Gasteiger partial charge in [-0.1, -0.05) is 38.2 Å². The number of benzene rings is 1. The van der Waals surface area contributed by atoms with E-state index in [-0.39, 0.29) is 0 Å². The van der Waals surface area contributed by atoms with Crippen molar-refractivity contribution in [1.29, 1.82) is 0 Å². The predicted octanol–water partition coefficient (Wildman–Crippen LogP) is 5.20. The Morgan fingerprint density at radius 3 is 2.43 bits per heavy atom. The Kier molecular flexibility index (Phi) is 5.25. The molecule has 0 aliphatic heterocycles. The van der Waals surface area contributed by atoms with Crippen molar-refractivity contribution in [2.75, 3.05) is 0 Å². The van der Waals surface area contributed by atoms with E-state index in [9.17, 15) is 17.6 Å². The lowest BCUT2D eigenvalue weighted by atomic mass is 9.84. The van der Waals surface area contributed by atoms with Gasteiger partial charge in [-0.25, -0.2) is 4.39 Å². The maximum Gasteiger partial charge on any atom is 0.419 e.